The molecule has 1 aliphatic rings. The summed E-state index contributed by atoms with van der Waals surface area (Å²) in [5.74, 6) is -0.228. The van der Waals surface area contributed by atoms with E-state index in [4.69, 9.17) is 0 Å². The summed E-state index contributed by atoms with van der Waals surface area (Å²) in [6, 6.07) is 10.7. The lowest BCUT2D eigenvalue weighted by molar-refractivity contribution is -0.130. The normalized spacial score (nSPS) is 16.4. The molecule has 1 atom stereocenters. The predicted octanol–water partition coefficient (Wildman–Crippen LogP) is 3.62. The van der Waals surface area contributed by atoms with Gasteiger partial charge in [0.05, 0.1) is 5.56 Å². The van der Waals surface area contributed by atoms with Crippen molar-refractivity contribution in [2.75, 3.05) is 25.4 Å². The number of carbonyl (C=O) groups is 3. The monoisotopic (exact) mass is 450 g/mol. The molecule has 8 heteroatoms. The maximum atomic E-state index is 13.2. The van der Waals surface area contributed by atoms with Crippen LogP contribution < -0.4 is 0 Å². The van der Waals surface area contributed by atoms with Gasteiger partial charge in [-0.3, -0.25) is 14.4 Å². The number of nitrogens with one attached hydrogen (secondary N) is 1. The SMILES string of the molecule is CCCSc1ccnc2[nH]cc(C(=O)C(=O)N3CCN(C(=O)c4ccccc4)C[C@H]3C)c12. The van der Waals surface area contributed by atoms with Crippen LogP contribution in [0, 0.1) is 0 Å². The first-order chi connectivity index (χ1) is 15.5. The number of ketones is 1. The highest BCUT2D eigenvalue weighted by Crippen LogP contribution is 2.30. The van der Waals surface area contributed by atoms with Crippen LogP contribution in [0.25, 0.3) is 11.0 Å². The van der Waals surface area contributed by atoms with Crippen LogP contribution in [0.5, 0.6) is 0 Å². The summed E-state index contributed by atoms with van der Waals surface area (Å²) in [6.45, 7) is 5.07. The van der Waals surface area contributed by atoms with Crippen LogP contribution >= 0.6 is 11.8 Å². The number of Topliss-reactive ketones (excluding diaryl/α,β-unsaturated/α-hetero) is 1. The fourth-order valence-electron chi connectivity index (χ4n) is 3.99. The highest BCUT2D eigenvalue weighted by molar-refractivity contribution is 7.99. The summed E-state index contributed by atoms with van der Waals surface area (Å²) in [7, 11) is 0. The highest BCUT2D eigenvalue weighted by atomic mass is 32.2. The zero-order valence-corrected chi connectivity index (χ0v) is 19.0. The number of aromatic nitrogens is 2. The van der Waals surface area contributed by atoms with Crippen molar-refractivity contribution in [3.8, 4) is 0 Å². The number of carbonyl (C=O) groups excluding carboxylic acids is 3. The molecule has 0 bridgehead atoms. The van der Waals surface area contributed by atoms with E-state index in [1.807, 2.05) is 31.2 Å². The van der Waals surface area contributed by atoms with Gasteiger partial charge >= 0.3 is 0 Å². The van der Waals surface area contributed by atoms with E-state index in [-0.39, 0.29) is 11.9 Å². The Hall–Kier alpha value is -3.13. The Morgan fingerprint density at radius 1 is 1.16 bits per heavy atom. The van der Waals surface area contributed by atoms with E-state index in [1.54, 1.807) is 46.1 Å². The first-order valence-electron chi connectivity index (χ1n) is 10.8. The third-order valence-corrected chi connectivity index (χ3v) is 6.90. The Balaban J connectivity index is 1.50. The molecule has 32 heavy (non-hydrogen) atoms. The molecule has 0 spiro atoms. The minimum Gasteiger partial charge on any atom is -0.345 e. The molecule has 1 N–H and O–H groups in total. The molecule has 1 aliphatic heterocycles. The average Bonchev–Trinajstić information content (AvgIpc) is 3.26. The largest absolute Gasteiger partial charge is 0.345 e. The van der Waals surface area contributed by atoms with Gasteiger partial charge in [0.15, 0.2) is 0 Å². The van der Waals surface area contributed by atoms with E-state index >= 15 is 0 Å². The van der Waals surface area contributed by atoms with Crippen LogP contribution in [0.2, 0.25) is 0 Å². The summed E-state index contributed by atoms with van der Waals surface area (Å²) in [6.07, 6.45) is 4.29. The molecule has 0 saturated carbocycles. The number of hydrogen-bond donors (Lipinski definition) is 1. The van der Waals surface area contributed by atoms with Crippen LogP contribution in [0.4, 0.5) is 0 Å². The third-order valence-electron chi connectivity index (χ3n) is 5.63. The number of fused-ring (bicyclic) bond motifs is 1. The molecule has 3 heterocycles. The lowest BCUT2D eigenvalue weighted by atomic mass is 10.1. The maximum absolute atomic E-state index is 13.2. The lowest BCUT2D eigenvalue weighted by Crippen LogP contribution is -2.56. The Morgan fingerprint density at radius 3 is 2.66 bits per heavy atom. The molecule has 1 aromatic carbocycles. The molecule has 1 saturated heterocycles. The van der Waals surface area contributed by atoms with E-state index in [9.17, 15) is 14.4 Å². The number of aromatic amines is 1. The molecule has 7 nitrogen and oxygen atoms in total. The summed E-state index contributed by atoms with van der Waals surface area (Å²) < 4.78 is 0. The Kier molecular flexibility index (Phi) is 6.60. The average molecular weight is 451 g/mol. The number of thioether (sulfide) groups is 1. The first-order valence-corrected chi connectivity index (χ1v) is 11.8. The number of benzene rings is 1. The quantitative estimate of drug-likeness (QED) is 0.352. The second-order valence-electron chi connectivity index (χ2n) is 7.88. The topological polar surface area (TPSA) is 86.4 Å². The van der Waals surface area contributed by atoms with Crippen LogP contribution in [-0.4, -0.2) is 68.8 Å². The molecule has 1 fully saturated rings. The number of piperazine rings is 1. The molecular weight excluding hydrogens is 424 g/mol. The molecule has 166 valence electrons. The smallest absolute Gasteiger partial charge is 0.295 e. The van der Waals surface area contributed by atoms with Gasteiger partial charge in [0.2, 0.25) is 0 Å². The zero-order chi connectivity index (χ0) is 22.7. The van der Waals surface area contributed by atoms with Crippen molar-refractivity contribution >= 4 is 40.4 Å². The molecule has 3 aromatic rings. The van der Waals surface area contributed by atoms with Crippen molar-refractivity contribution in [1.29, 1.82) is 0 Å². The molecule has 0 radical (unpaired) electrons. The van der Waals surface area contributed by atoms with Gasteiger partial charge in [-0.05, 0) is 37.3 Å². The summed E-state index contributed by atoms with van der Waals surface area (Å²) >= 11 is 1.65. The van der Waals surface area contributed by atoms with Crippen LogP contribution in [0.1, 0.15) is 41.0 Å². The lowest BCUT2D eigenvalue weighted by Gasteiger charge is -2.39. The summed E-state index contributed by atoms with van der Waals surface area (Å²) in [5, 5.41) is 0.704. The van der Waals surface area contributed by atoms with Crippen molar-refractivity contribution in [2.24, 2.45) is 0 Å². The van der Waals surface area contributed by atoms with Crippen LogP contribution in [0.3, 0.4) is 0 Å². The summed E-state index contributed by atoms with van der Waals surface area (Å²) in [5.41, 5.74) is 1.58. The molecule has 0 unspecified atom stereocenters. The number of amides is 2. The standard InChI is InChI=1S/C24H26N4O3S/c1-3-13-32-19-9-10-25-22-20(19)18(14-26-22)21(29)24(31)28-12-11-27(15-16(28)2)23(30)17-7-5-4-6-8-17/h4-10,14,16H,3,11-13,15H2,1-2H3,(H,25,26)/t16-/m1/s1. The van der Waals surface area contributed by atoms with Gasteiger partial charge in [-0.1, -0.05) is 25.1 Å². The molecular formula is C24H26N4O3S. The van der Waals surface area contributed by atoms with Crippen LogP contribution in [-0.2, 0) is 4.79 Å². The van der Waals surface area contributed by atoms with Gasteiger partial charge in [0.1, 0.15) is 5.65 Å². The van der Waals surface area contributed by atoms with Gasteiger partial charge in [0.25, 0.3) is 17.6 Å². The van der Waals surface area contributed by atoms with E-state index in [0.717, 1.165) is 17.1 Å². The Bertz CT molecular complexity index is 1140. The summed E-state index contributed by atoms with van der Waals surface area (Å²) in [4.78, 5) is 50.7. The van der Waals surface area contributed by atoms with E-state index < -0.39 is 11.7 Å². The number of pyridine rings is 1. The second-order valence-corrected chi connectivity index (χ2v) is 9.01. The van der Waals surface area contributed by atoms with Gasteiger partial charge < -0.3 is 14.8 Å². The highest BCUT2D eigenvalue weighted by Gasteiger charge is 2.34. The first kappa shape index (κ1) is 22.1. The van der Waals surface area contributed by atoms with E-state index in [2.05, 4.69) is 16.9 Å². The molecule has 4 rings (SSSR count). The number of nitrogens with zero attached hydrogens (tertiary/aromatic N) is 3. The van der Waals surface area contributed by atoms with Crippen molar-refractivity contribution in [3.05, 3.63) is 59.9 Å². The van der Waals surface area contributed by atoms with Gasteiger partial charge in [-0.2, -0.15) is 0 Å². The second kappa shape index (κ2) is 9.56. The fourth-order valence-corrected chi connectivity index (χ4v) is 4.92. The Morgan fingerprint density at radius 2 is 1.94 bits per heavy atom. The van der Waals surface area contributed by atoms with Gasteiger partial charge in [0, 0.05) is 53.9 Å². The molecule has 2 aromatic heterocycles. The fraction of sp³-hybridized carbons (Fsp3) is 0.333. The Labute approximate surface area is 191 Å². The maximum Gasteiger partial charge on any atom is 0.295 e. The van der Waals surface area contributed by atoms with E-state index in [0.29, 0.717) is 41.8 Å². The number of H-pyrrole nitrogens is 1. The molecule has 0 aliphatic carbocycles. The number of hydrogen-bond acceptors (Lipinski definition) is 5. The van der Waals surface area contributed by atoms with Crippen LogP contribution in [0.15, 0.2) is 53.7 Å². The predicted molar refractivity (Wildman–Crippen MR) is 125 cm³/mol. The van der Waals surface area contributed by atoms with Crippen molar-refractivity contribution < 1.29 is 14.4 Å². The zero-order valence-electron chi connectivity index (χ0n) is 18.2. The third kappa shape index (κ3) is 4.27. The van der Waals surface area contributed by atoms with Gasteiger partial charge in [-0.15, -0.1) is 11.8 Å². The van der Waals surface area contributed by atoms with E-state index in [1.165, 1.54) is 0 Å². The minimum atomic E-state index is -0.544. The van der Waals surface area contributed by atoms with Gasteiger partial charge in [-0.25, -0.2) is 4.98 Å². The minimum absolute atomic E-state index is 0.0591. The van der Waals surface area contributed by atoms with Crippen molar-refractivity contribution in [2.45, 2.75) is 31.2 Å². The number of rotatable bonds is 6. The van der Waals surface area contributed by atoms with Crippen molar-refractivity contribution in [3.63, 3.8) is 0 Å². The molecule has 2 amide bonds. The van der Waals surface area contributed by atoms with Crippen molar-refractivity contribution in [1.82, 2.24) is 19.8 Å².